The average Bonchev–Trinajstić information content (AvgIpc) is 3.08. The van der Waals surface area contributed by atoms with E-state index >= 15 is 0 Å². The molecule has 0 aromatic heterocycles. The molecule has 0 spiro atoms. The monoisotopic (exact) mass is 709 g/mol. The Kier molecular flexibility index (Phi) is 30.9. The highest BCUT2D eigenvalue weighted by atomic mass is 16.6. The summed E-state index contributed by atoms with van der Waals surface area (Å²) >= 11 is 0. The Bertz CT molecular complexity index is 1150. The van der Waals surface area contributed by atoms with E-state index in [4.69, 9.17) is 14.2 Å². The Morgan fingerprint density at radius 2 is 1.22 bits per heavy atom. The summed E-state index contributed by atoms with van der Waals surface area (Å²) in [5, 5.41) is 11.6. The van der Waals surface area contributed by atoms with Crippen molar-refractivity contribution in [1.29, 1.82) is 0 Å². The van der Waals surface area contributed by atoms with E-state index in [-0.39, 0.29) is 43.1 Å². The molecule has 0 amide bonds. The molecule has 0 saturated heterocycles. The van der Waals surface area contributed by atoms with E-state index in [1.807, 2.05) is 48.6 Å². The minimum absolute atomic E-state index is 0.0110. The lowest BCUT2D eigenvalue weighted by molar-refractivity contribution is -0.889. The number of quaternary nitrogens is 1. The molecule has 0 radical (unpaired) electrons. The molecule has 0 aliphatic rings. The molecule has 286 valence electrons. The minimum atomic E-state index is -1.15. The molecule has 0 aromatic rings. The third-order valence-corrected chi connectivity index (χ3v) is 7.60. The number of hydrogen-bond acceptors (Lipinski definition) is 7. The van der Waals surface area contributed by atoms with Crippen molar-refractivity contribution >= 4 is 17.9 Å². The zero-order valence-corrected chi connectivity index (χ0v) is 32.2. The molecule has 0 bridgehead atoms. The van der Waals surface area contributed by atoms with Crippen LogP contribution < -0.4 is 5.11 Å². The number of allylic oxidation sites excluding steroid dienone is 15. The molecule has 0 aliphatic heterocycles. The van der Waals surface area contributed by atoms with Gasteiger partial charge in [0, 0.05) is 12.8 Å². The van der Waals surface area contributed by atoms with Gasteiger partial charge in [0.15, 0.2) is 6.10 Å². The number of esters is 2. The van der Waals surface area contributed by atoms with Crippen LogP contribution in [0.25, 0.3) is 0 Å². The van der Waals surface area contributed by atoms with Crippen LogP contribution in [0.3, 0.4) is 0 Å². The molecule has 0 fully saturated rings. The smallest absolute Gasteiger partial charge is 0.310 e. The van der Waals surface area contributed by atoms with Gasteiger partial charge in [-0.25, -0.2) is 0 Å². The third-order valence-electron chi connectivity index (χ3n) is 7.60. The van der Waals surface area contributed by atoms with Crippen LogP contribution in [0.5, 0.6) is 0 Å². The lowest BCUT2D eigenvalue weighted by Crippen LogP contribution is -2.55. The Morgan fingerprint density at radius 1 is 0.647 bits per heavy atom. The number of carboxylic acid groups (broad SMARTS) is 1. The lowest BCUT2D eigenvalue weighted by Gasteiger charge is -2.34. The van der Waals surface area contributed by atoms with Crippen LogP contribution in [0.2, 0.25) is 0 Å². The second kappa shape index (κ2) is 33.4. The van der Waals surface area contributed by atoms with Crippen molar-refractivity contribution in [3.05, 3.63) is 97.2 Å². The molecular formula is C43H67NO7. The molecule has 0 saturated carbocycles. The molecule has 0 aliphatic carbocycles. The van der Waals surface area contributed by atoms with Gasteiger partial charge in [-0.1, -0.05) is 137 Å². The number of carbonyl (C=O) groups is 3. The van der Waals surface area contributed by atoms with Crippen molar-refractivity contribution in [3.63, 3.8) is 0 Å². The van der Waals surface area contributed by atoms with Crippen molar-refractivity contribution in [2.45, 2.75) is 116 Å². The standard InChI is InChI=1S/C43H67NO7/c1-6-8-10-12-14-16-17-18-19-20-21-22-23-24-26-27-29-31-33-41(45)50-38-39(37-49-36-35-40(43(47)48)44(3,4)5)51-42(46)34-32-30-28-25-15-13-11-9-7-2/h9-12,14-22,25,30,32,39-40H,6-8,13,23-24,26-29,31,33-38H2,1-5H3/b11-9+,12-10+,16-14+,18-17+,20-19+,22-21+,25-15+,32-30+. The highest BCUT2D eigenvalue weighted by Crippen LogP contribution is 2.10. The Hall–Kier alpha value is -3.75. The summed E-state index contributed by atoms with van der Waals surface area (Å²) in [4.78, 5) is 36.5. The summed E-state index contributed by atoms with van der Waals surface area (Å²) in [7, 11) is 5.34. The molecular weight excluding hydrogens is 642 g/mol. The number of carboxylic acids is 1. The van der Waals surface area contributed by atoms with E-state index in [1.165, 1.54) is 6.42 Å². The molecule has 0 rings (SSSR count). The second-order valence-corrected chi connectivity index (χ2v) is 13.2. The highest BCUT2D eigenvalue weighted by Gasteiger charge is 2.25. The number of aliphatic carboxylic acids is 1. The minimum Gasteiger partial charge on any atom is -0.544 e. The number of carbonyl (C=O) groups excluding carboxylic acids is 3. The number of rotatable bonds is 31. The predicted octanol–water partition coefficient (Wildman–Crippen LogP) is 8.23. The summed E-state index contributed by atoms with van der Waals surface area (Å²) in [5.74, 6) is -1.94. The summed E-state index contributed by atoms with van der Waals surface area (Å²) in [6, 6.07) is -0.747. The maximum atomic E-state index is 12.5. The maximum Gasteiger partial charge on any atom is 0.310 e. The SMILES string of the molecule is CC/C=C/C/C=C/C/C=C/CC(=O)OC(COCCC(C(=O)[O-])[N+](C)(C)C)COC(=O)CCCCCCC/C=C/C=C/C=C/C=C/C=C/CCC. The molecule has 2 atom stereocenters. The zero-order chi connectivity index (χ0) is 37.8. The third kappa shape index (κ3) is 31.9. The van der Waals surface area contributed by atoms with Crippen molar-refractivity contribution < 1.29 is 38.2 Å². The molecule has 51 heavy (non-hydrogen) atoms. The second-order valence-electron chi connectivity index (χ2n) is 13.2. The average molecular weight is 710 g/mol. The van der Waals surface area contributed by atoms with Crippen LogP contribution in [0.1, 0.15) is 104 Å². The quantitative estimate of drug-likeness (QED) is 0.0235. The number of unbranched alkanes of at least 4 members (excludes halogenated alkanes) is 6. The van der Waals surface area contributed by atoms with Crippen LogP contribution in [0.15, 0.2) is 97.2 Å². The van der Waals surface area contributed by atoms with Crippen LogP contribution in [0, 0.1) is 0 Å². The largest absolute Gasteiger partial charge is 0.544 e. The zero-order valence-electron chi connectivity index (χ0n) is 32.2. The van der Waals surface area contributed by atoms with Crippen LogP contribution in [0.4, 0.5) is 0 Å². The van der Waals surface area contributed by atoms with E-state index < -0.39 is 24.1 Å². The highest BCUT2D eigenvalue weighted by molar-refractivity contribution is 5.71. The topological polar surface area (TPSA) is 102 Å². The summed E-state index contributed by atoms with van der Waals surface area (Å²) < 4.78 is 16.9. The van der Waals surface area contributed by atoms with Crippen molar-refractivity contribution in [2.75, 3.05) is 41.0 Å². The van der Waals surface area contributed by atoms with E-state index in [9.17, 15) is 19.5 Å². The van der Waals surface area contributed by atoms with Gasteiger partial charge in [0.25, 0.3) is 0 Å². The normalized spacial score (nSPS) is 14.1. The number of hydrogen-bond donors (Lipinski definition) is 0. The van der Waals surface area contributed by atoms with Crippen molar-refractivity contribution in [1.82, 2.24) is 0 Å². The number of ether oxygens (including phenoxy) is 3. The Balaban J connectivity index is 4.52. The molecule has 2 unspecified atom stereocenters. The van der Waals surface area contributed by atoms with E-state index in [0.717, 1.165) is 57.8 Å². The first kappa shape index (κ1) is 47.2. The Labute approximate surface area is 309 Å². The first-order valence-corrected chi connectivity index (χ1v) is 18.8. The van der Waals surface area contributed by atoms with Gasteiger partial charge in [0.1, 0.15) is 12.6 Å². The molecule has 0 aromatic carbocycles. The van der Waals surface area contributed by atoms with Gasteiger partial charge in [0.05, 0.1) is 46.7 Å². The van der Waals surface area contributed by atoms with Gasteiger partial charge in [-0.05, 0) is 44.9 Å². The Morgan fingerprint density at radius 3 is 1.82 bits per heavy atom. The maximum absolute atomic E-state index is 12.5. The summed E-state index contributed by atoms with van der Waals surface area (Å²) in [5.41, 5.74) is 0. The van der Waals surface area contributed by atoms with Gasteiger partial charge in [0.2, 0.25) is 0 Å². The molecule has 0 heterocycles. The van der Waals surface area contributed by atoms with E-state index in [1.54, 1.807) is 27.2 Å². The fourth-order valence-electron chi connectivity index (χ4n) is 4.69. The van der Waals surface area contributed by atoms with Crippen molar-refractivity contribution in [2.24, 2.45) is 0 Å². The van der Waals surface area contributed by atoms with Crippen LogP contribution in [-0.4, -0.2) is 75.5 Å². The molecule has 8 heteroatoms. The van der Waals surface area contributed by atoms with Crippen molar-refractivity contribution in [3.8, 4) is 0 Å². The lowest BCUT2D eigenvalue weighted by atomic mass is 10.1. The molecule has 8 nitrogen and oxygen atoms in total. The van der Waals surface area contributed by atoms with Crippen LogP contribution in [-0.2, 0) is 28.6 Å². The fourth-order valence-corrected chi connectivity index (χ4v) is 4.69. The summed E-state index contributed by atoms with van der Waals surface area (Å²) in [6.07, 6.45) is 43.3. The van der Waals surface area contributed by atoms with Gasteiger partial charge in [-0.3, -0.25) is 9.59 Å². The van der Waals surface area contributed by atoms with Gasteiger partial charge >= 0.3 is 11.9 Å². The van der Waals surface area contributed by atoms with E-state index in [2.05, 4.69) is 56.4 Å². The fraction of sp³-hybridized carbons (Fsp3) is 0.558. The first-order chi connectivity index (χ1) is 24.6. The van der Waals surface area contributed by atoms with Gasteiger partial charge in [-0.15, -0.1) is 0 Å². The predicted molar refractivity (Wildman–Crippen MR) is 208 cm³/mol. The molecule has 0 N–H and O–H groups in total. The number of nitrogens with zero attached hydrogens (tertiary/aromatic N) is 1. The number of likely N-dealkylation sites (N-methyl/N-ethyl adjacent to an activating group) is 1. The summed E-state index contributed by atoms with van der Waals surface area (Å²) in [6.45, 7) is 4.27. The van der Waals surface area contributed by atoms with Gasteiger partial charge < -0.3 is 28.6 Å². The van der Waals surface area contributed by atoms with E-state index in [0.29, 0.717) is 12.8 Å². The van der Waals surface area contributed by atoms with Gasteiger partial charge in [-0.2, -0.15) is 0 Å². The first-order valence-electron chi connectivity index (χ1n) is 18.8. The van der Waals surface area contributed by atoms with Crippen LogP contribution >= 0.6 is 0 Å².